The number of sulfonamides is 1. The van der Waals surface area contributed by atoms with Crippen molar-refractivity contribution >= 4 is 16.0 Å². The largest absolute Gasteiger partial charge is 0.465 e. The molecule has 1 atom stereocenters. The number of aromatic nitrogens is 2. The van der Waals surface area contributed by atoms with Crippen LogP contribution in [0.5, 0.6) is 0 Å². The third kappa shape index (κ3) is 2.11. The molecule has 0 bridgehead atoms. The standard InChI is InChI=1S/C9H14N4O4S/c1-17-9(14)7-4-11-12-8(7)18(15,16)13-3-2-6(10)5-13/h4,6H,2-3,5,10H2,1H3,(H,11,12). The Hall–Kier alpha value is -1.45. The van der Waals surface area contributed by atoms with Crippen LogP contribution in [-0.2, 0) is 14.8 Å². The molecule has 1 fully saturated rings. The topological polar surface area (TPSA) is 118 Å². The van der Waals surface area contributed by atoms with Crippen molar-refractivity contribution in [2.45, 2.75) is 17.5 Å². The van der Waals surface area contributed by atoms with Crippen LogP contribution in [0, 0.1) is 0 Å². The van der Waals surface area contributed by atoms with Crippen LogP contribution in [0.15, 0.2) is 11.2 Å². The predicted molar refractivity (Wildman–Crippen MR) is 61.3 cm³/mol. The molecule has 0 saturated carbocycles. The second-order valence-electron chi connectivity index (χ2n) is 4.02. The van der Waals surface area contributed by atoms with E-state index < -0.39 is 16.0 Å². The summed E-state index contributed by atoms with van der Waals surface area (Å²) in [4.78, 5) is 11.4. The van der Waals surface area contributed by atoms with Gasteiger partial charge >= 0.3 is 5.97 Å². The van der Waals surface area contributed by atoms with Crippen LogP contribution in [0.3, 0.4) is 0 Å². The summed E-state index contributed by atoms with van der Waals surface area (Å²) in [5.41, 5.74) is 5.58. The molecular formula is C9H14N4O4S. The molecule has 1 aliphatic rings. The van der Waals surface area contributed by atoms with Gasteiger partial charge in [-0.15, -0.1) is 0 Å². The Bertz CT molecular complexity index is 553. The van der Waals surface area contributed by atoms with Crippen LogP contribution < -0.4 is 5.73 Å². The zero-order valence-corrected chi connectivity index (χ0v) is 10.6. The number of nitrogens with two attached hydrogens (primary N) is 1. The van der Waals surface area contributed by atoms with Crippen LogP contribution in [0.25, 0.3) is 0 Å². The van der Waals surface area contributed by atoms with Crippen molar-refractivity contribution in [3.05, 3.63) is 11.8 Å². The van der Waals surface area contributed by atoms with Gasteiger partial charge in [-0.1, -0.05) is 0 Å². The first-order valence-electron chi connectivity index (χ1n) is 5.34. The molecule has 2 rings (SSSR count). The molecule has 18 heavy (non-hydrogen) atoms. The first-order valence-corrected chi connectivity index (χ1v) is 6.78. The zero-order valence-electron chi connectivity index (χ0n) is 9.79. The molecule has 1 unspecified atom stereocenters. The number of nitrogens with one attached hydrogen (secondary N) is 1. The van der Waals surface area contributed by atoms with Crippen molar-refractivity contribution in [1.29, 1.82) is 0 Å². The van der Waals surface area contributed by atoms with Gasteiger partial charge in [-0.25, -0.2) is 13.2 Å². The van der Waals surface area contributed by atoms with Crippen LogP contribution in [0.4, 0.5) is 0 Å². The van der Waals surface area contributed by atoms with Crippen molar-refractivity contribution in [1.82, 2.24) is 14.5 Å². The molecule has 0 radical (unpaired) electrons. The van der Waals surface area contributed by atoms with Gasteiger partial charge in [-0.3, -0.25) is 5.10 Å². The minimum Gasteiger partial charge on any atom is -0.465 e. The molecule has 0 amide bonds. The van der Waals surface area contributed by atoms with E-state index >= 15 is 0 Å². The van der Waals surface area contributed by atoms with E-state index in [-0.39, 0.29) is 23.2 Å². The summed E-state index contributed by atoms with van der Waals surface area (Å²) in [5.74, 6) is -0.745. The van der Waals surface area contributed by atoms with E-state index in [1.165, 1.54) is 11.4 Å². The SMILES string of the molecule is COC(=O)c1cn[nH]c1S(=O)(=O)N1CCC(N)C1. The highest BCUT2D eigenvalue weighted by molar-refractivity contribution is 7.89. The van der Waals surface area contributed by atoms with E-state index in [0.717, 1.165) is 6.20 Å². The number of aromatic amines is 1. The van der Waals surface area contributed by atoms with Gasteiger partial charge in [0.15, 0.2) is 5.03 Å². The fourth-order valence-electron chi connectivity index (χ4n) is 1.83. The number of carbonyl (C=O) groups excluding carboxylic acids is 1. The maximum Gasteiger partial charge on any atom is 0.342 e. The number of ether oxygens (including phenoxy) is 1. The lowest BCUT2D eigenvalue weighted by atomic mass is 10.3. The van der Waals surface area contributed by atoms with Crippen LogP contribution in [0.1, 0.15) is 16.8 Å². The van der Waals surface area contributed by atoms with E-state index in [0.29, 0.717) is 13.0 Å². The molecule has 1 aromatic heterocycles. The lowest BCUT2D eigenvalue weighted by molar-refractivity contribution is 0.0596. The normalized spacial score (nSPS) is 21.1. The summed E-state index contributed by atoms with van der Waals surface area (Å²) in [5, 5.41) is 5.67. The Labute approximate surface area is 104 Å². The Morgan fingerprint density at radius 2 is 2.39 bits per heavy atom. The molecule has 1 saturated heterocycles. The van der Waals surface area contributed by atoms with Crippen molar-refractivity contribution in [2.24, 2.45) is 5.73 Å². The number of esters is 1. The number of hydrogen-bond acceptors (Lipinski definition) is 6. The predicted octanol–water partition coefficient (Wildman–Crippen LogP) is -1.08. The van der Waals surface area contributed by atoms with Crippen molar-refractivity contribution in [3.63, 3.8) is 0 Å². The molecule has 1 aromatic rings. The fourth-order valence-corrected chi connectivity index (χ4v) is 3.40. The van der Waals surface area contributed by atoms with Gasteiger partial charge in [0, 0.05) is 19.1 Å². The molecule has 0 aliphatic carbocycles. The van der Waals surface area contributed by atoms with Crippen molar-refractivity contribution < 1.29 is 17.9 Å². The van der Waals surface area contributed by atoms with Gasteiger partial charge in [0.25, 0.3) is 10.0 Å². The summed E-state index contributed by atoms with van der Waals surface area (Å²) in [6, 6.07) is -0.177. The second-order valence-corrected chi connectivity index (χ2v) is 5.89. The minimum atomic E-state index is -3.78. The van der Waals surface area contributed by atoms with Crippen LogP contribution >= 0.6 is 0 Å². The molecule has 0 aromatic carbocycles. The minimum absolute atomic E-state index is 0.0991. The molecule has 8 nitrogen and oxygen atoms in total. The summed E-state index contributed by atoms with van der Waals surface area (Å²) < 4.78 is 30.3. The van der Waals surface area contributed by atoms with Gasteiger partial charge < -0.3 is 10.5 Å². The van der Waals surface area contributed by atoms with Gasteiger partial charge in [0.2, 0.25) is 0 Å². The first kappa shape index (κ1) is 13.0. The molecule has 0 spiro atoms. The molecule has 1 aliphatic heterocycles. The number of methoxy groups -OCH3 is 1. The van der Waals surface area contributed by atoms with Gasteiger partial charge in [-0.05, 0) is 6.42 Å². The quantitative estimate of drug-likeness (QED) is 0.677. The maximum absolute atomic E-state index is 12.3. The van der Waals surface area contributed by atoms with Gasteiger partial charge in [-0.2, -0.15) is 9.40 Å². The number of carbonyl (C=O) groups is 1. The molecule has 3 N–H and O–H groups in total. The average Bonchev–Trinajstić information content (AvgIpc) is 2.96. The van der Waals surface area contributed by atoms with E-state index in [9.17, 15) is 13.2 Å². The first-order chi connectivity index (χ1) is 8.46. The average molecular weight is 274 g/mol. The van der Waals surface area contributed by atoms with E-state index in [2.05, 4.69) is 14.9 Å². The van der Waals surface area contributed by atoms with E-state index in [1.54, 1.807) is 0 Å². The Balaban J connectivity index is 2.36. The number of hydrogen-bond donors (Lipinski definition) is 2. The van der Waals surface area contributed by atoms with Crippen molar-refractivity contribution in [3.8, 4) is 0 Å². The zero-order chi connectivity index (χ0) is 13.3. The Morgan fingerprint density at radius 1 is 1.67 bits per heavy atom. The van der Waals surface area contributed by atoms with Crippen molar-refractivity contribution in [2.75, 3.05) is 20.2 Å². The van der Waals surface area contributed by atoms with Crippen LogP contribution in [-0.4, -0.2) is 55.1 Å². The third-order valence-corrected chi connectivity index (χ3v) is 4.63. The summed E-state index contributed by atoms with van der Waals surface area (Å²) in [6.07, 6.45) is 1.73. The number of nitrogens with zero attached hydrogens (tertiary/aromatic N) is 2. The monoisotopic (exact) mass is 274 g/mol. The Kier molecular flexibility index (Phi) is 3.37. The second kappa shape index (κ2) is 4.67. The van der Waals surface area contributed by atoms with Crippen LogP contribution in [0.2, 0.25) is 0 Å². The fraction of sp³-hybridized carbons (Fsp3) is 0.556. The number of H-pyrrole nitrogens is 1. The molecule has 2 heterocycles. The number of rotatable bonds is 3. The summed E-state index contributed by atoms with van der Waals surface area (Å²) >= 11 is 0. The lowest BCUT2D eigenvalue weighted by Crippen LogP contribution is -2.33. The summed E-state index contributed by atoms with van der Waals surface area (Å²) in [7, 11) is -2.60. The highest BCUT2D eigenvalue weighted by Gasteiger charge is 2.35. The third-order valence-electron chi connectivity index (χ3n) is 2.79. The van der Waals surface area contributed by atoms with Gasteiger partial charge in [0.05, 0.1) is 13.3 Å². The molecule has 9 heteroatoms. The highest BCUT2D eigenvalue weighted by Crippen LogP contribution is 2.21. The summed E-state index contributed by atoms with van der Waals surface area (Å²) in [6.45, 7) is 0.575. The lowest BCUT2D eigenvalue weighted by Gasteiger charge is -2.15. The molecular weight excluding hydrogens is 260 g/mol. The highest BCUT2D eigenvalue weighted by atomic mass is 32.2. The maximum atomic E-state index is 12.3. The Morgan fingerprint density at radius 3 is 2.94 bits per heavy atom. The smallest absolute Gasteiger partial charge is 0.342 e. The molecule has 100 valence electrons. The van der Waals surface area contributed by atoms with E-state index in [1.807, 2.05) is 0 Å². The van der Waals surface area contributed by atoms with Gasteiger partial charge in [0.1, 0.15) is 5.56 Å². The van der Waals surface area contributed by atoms with E-state index in [4.69, 9.17) is 5.73 Å².